The SMILES string of the molecule is COc1ccc(C(=O)NC(Cc2ccccc2)c2ccc3c(c2)OCCCO3)cc1F. The van der Waals surface area contributed by atoms with Crippen molar-refractivity contribution in [3.63, 3.8) is 0 Å². The van der Waals surface area contributed by atoms with Gasteiger partial charge in [0.05, 0.1) is 26.4 Å². The molecule has 0 spiro atoms. The molecule has 1 N–H and O–H groups in total. The normalized spacial score (nSPS) is 13.7. The van der Waals surface area contributed by atoms with Crippen LogP contribution in [0.4, 0.5) is 4.39 Å². The Bertz CT molecular complexity index is 1050. The highest BCUT2D eigenvalue weighted by atomic mass is 19.1. The maximum Gasteiger partial charge on any atom is 0.251 e. The number of benzene rings is 3. The number of amides is 1. The molecule has 1 heterocycles. The average molecular weight is 421 g/mol. The molecule has 1 atom stereocenters. The summed E-state index contributed by atoms with van der Waals surface area (Å²) >= 11 is 0. The molecule has 0 saturated heterocycles. The molecule has 0 aromatic heterocycles. The molecule has 4 rings (SSSR count). The zero-order valence-electron chi connectivity index (χ0n) is 17.3. The van der Waals surface area contributed by atoms with Crippen LogP contribution >= 0.6 is 0 Å². The molecule has 3 aromatic rings. The molecule has 1 unspecified atom stereocenters. The molecular weight excluding hydrogens is 397 g/mol. The summed E-state index contributed by atoms with van der Waals surface area (Å²) in [6, 6.07) is 19.4. The second kappa shape index (κ2) is 9.51. The number of carbonyl (C=O) groups is 1. The highest BCUT2D eigenvalue weighted by Crippen LogP contribution is 2.33. The lowest BCUT2D eigenvalue weighted by Gasteiger charge is -2.21. The van der Waals surface area contributed by atoms with Crippen LogP contribution in [0.1, 0.15) is 33.9 Å². The third-order valence-electron chi connectivity index (χ3n) is 5.18. The molecule has 1 aliphatic rings. The van der Waals surface area contributed by atoms with Crippen molar-refractivity contribution in [2.24, 2.45) is 0 Å². The van der Waals surface area contributed by atoms with Crippen molar-refractivity contribution >= 4 is 5.91 Å². The highest BCUT2D eigenvalue weighted by molar-refractivity contribution is 5.94. The lowest BCUT2D eigenvalue weighted by Crippen LogP contribution is -2.30. The van der Waals surface area contributed by atoms with Gasteiger partial charge in [-0.15, -0.1) is 0 Å². The first-order valence-corrected chi connectivity index (χ1v) is 10.2. The molecule has 0 aliphatic carbocycles. The number of fused-ring (bicyclic) bond motifs is 1. The molecule has 0 radical (unpaired) electrons. The number of methoxy groups -OCH3 is 1. The summed E-state index contributed by atoms with van der Waals surface area (Å²) < 4.78 is 30.6. The van der Waals surface area contributed by atoms with Crippen molar-refractivity contribution in [1.82, 2.24) is 5.32 Å². The minimum absolute atomic E-state index is 0.0975. The highest BCUT2D eigenvalue weighted by Gasteiger charge is 2.20. The van der Waals surface area contributed by atoms with Gasteiger partial charge >= 0.3 is 0 Å². The Balaban J connectivity index is 1.62. The van der Waals surface area contributed by atoms with Crippen LogP contribution in [0.5, 0.6) is 17.2 Å². The number of halogens is 1. The number of hydrogen-bond donors (Lipinski definition) is 1. The van der Waals surface area contributed by atoms with Crippen LogP contribution in [0.25, 0.3) is 0 Å². The maximum absolute atomic E-state index is 14.1. The van der Waals surface area contributed by atoms with E-state index in [0.717, 1.165) is 17.5 Å². The molecule has 1 aliphatic heterocycles. The zero-order chi connectivity index (χ0) is 21.6. The Morgan fingerprint density at radius 3 is 2.55 bits per heavy atom. The molecule has 160 valence electrons. The third kappa shape index (κ3) is 4.97. The number of rotatable bonds is 6. The number of ether oxygens (including phenoxy) is 3. The number of hydrogen-bond acceptors (Lipinski definition) is 4. The lowest BCUT2D eigenvalue weighted by molar-refractivity contribution is 0.0936. The summed E-state index contributed by atoms with van der Waals surface area (Å²) in [5.74, 6) is 0.515. The van der Waals surface area contributed by atoms with E-state index in [1.807, 2.05) is 48.5 Å². The van der Waals surface area contributed by atoms with Crippen LogP contribution in [0.2, 0.25) is 0 Å². The van der Waals surface area contributed by atoms with Gasteiger partial charge in [0.15, 0.2) is 23.1 Å². The molecule has 31 heavy (non-hydrogen) atoms. The van der Waals surface area contributed by atoms with Crippen molar-refractivity contribution in [2.45, 2.75) is 18.9 Å². The minimum Gasteiger partial charge on any atom is -0.494 e. The first-order chi connectivity index (χ1) is 15.1. The summed E-state index contributed by atoms with van der Waals surface area (Å²) in [4.78, 5) is 12.9. The van der Waals surface area contributed by atoms with Gasteiger partial charge in [-0.3, -0.25) is 4.79 Å². The van der Waals surface area contributed by atoms with Crippen molar-refractivity contribution < 1.29 is 23.4 Å². The molecule has 0 saturated carbocycles. The van der Waals surface area contributed by atoms with E-state index in [1.54, 1.807) is 6.07 Å². The predicted octanol–water partition coefficient (Wildman–Crippen LogP) is 4.71. The van der Waals surface area contributed by atoms with E-state index in [0.29, 0.717) is 31.1 Å². The van der Waals surface area contributed by atoms with Gasteiger partial charge in [0.25, 0.3) is 5.91 Å². The van der Waals surface area contributed by atoms with Crippen LogP contribution in [0.3, 0.4) is 0 Å². The van der Waals surface area contributed by atoms with E-state index in [2.05, 4.69) is 5.32 Å². The van der Waals surface area contributed by atoms with Crippen LogP contribution in [0, 0.1) is 5.82 Å². The van der Waals surface area contributed by atoms with Crippen LogP contribution in [-0.2, 0) is 6.42 Å². The summed E-state index contributed by atoms with van der Waals surface area (Å²) in [5.41, 5.74) is 2.18. The Labute approximate surface area is 180 Å². The van der Waals surface area contributed by atoms with Gasteiger partial charge in [-0.25, -0.2) is 4.39 Å². The van der Waals surface area contributed by atoms with Crippen LogP contribution in [-0.4, -0.2) is 26.2 Å². The van der Waals surface area contributed by atoms with E-state index < -0.39 is 5.82 Å². The molecule has 1 amide bonds. The summed E-state index contributed by atoms with van der Waals surface area (Å²) in [6.45, 7) is 1.19. The fraction of sp³-hybridized carbons (Fsp3) is 0.240. The largest absolute Gasteiger partial charge is 0.494 e. The van der Waals surface area contributed by atoms with E-state index in [9.17, 15) is 9.18 Å². The standard InChI is InChI=1S/C25H24FNO4/c1-29-22-10-9-19(15-20(22)26)25(28)27-21(14-17-6-3-2-4-7-17)18-8-11-23-24(16-18)31-13-5-12-30-23/h2-4,6-11,15-16,21H,5,12-14H2,1H3,(H,27,28). The monoisotopic (exact) mass is 421 g/mol. The van der Waals surface area contributed by atoms with E-state index >= 15 is 0 Å². The summed E-state index contributed by atoms with van der Waals surface area (Å²) in [6.07, 6.45) is 1.39. The lowest BCUT2D eigenvalue weighted by atomic mass is 9.98. The van der Waals surface area contributed by atoms with Gasteiger partial charge in [0.2, 0.25) is 0 Å². The topological polar surface area (TPSA) is 56.8 Å². The number of carbonyl (C=O) groups excluding carboxylic acids is 1. The number of nitrogens with one attached hydrogen (secondary N) is 1. The molecule has 0 fully saturated rings. The first kappa shape index (κ1) is 20.7. The van der Waals surface area contributed by atoms with Crippen molar-refractivity contribution in [2.75, 3.05) is 20.3 Å². The zero-order valence-corrected chi connectivity index (χ0v) is 17.3. The maximum atomic E-state index is 14.1. The Kier molecular flexibility index (Phi) is 6.36. The molecule has 3 aromatic carbocycles. The van der Waals surface area contributed by atoms with Gasteiger partial charge in [0.1, 0.15) is 0 Å². The molecule has 6 heteroatoms. The van der Waals surface area contributed by atoms with Gasteiger partial charge in [-0.05, 0) is 47.9 Å². The predicted molar refractivity (Wildman–Crippen MR) is 115 cm³/mol. The van der Waals surface area contributed by atoms with Crippen LogP contribution < -0.4 is 19.5 Å². The van der Waals surface area contributed by atoms with E-state index in [4.69, 9.17) is 14.2 Å². The Morgan fingerprint density at radius 1 is 1.03 bits per heavy atom. The van der Waals surface area contributed by atoms with Crippen LogP contribution in [0.15, 0.2) is 66.7 Å². The van der Waals surface area contributed by atoms with Gasteiger partial charge in [0, 0.05) is 12.0 Å². The quantitative estimate of drug-likeness (QED) is 0.626. The smallest absolute Gasteiger partial charge is 0.251 e. The second-order valence-corrected chi connectivity index (χ2v) is 7.32. The fourth-order valence-corrected chi connectivity index (χ4v) is 3.55. The molecular formula is C25H24FNO4. The van der Waals surface area contributed by atoms with E-state index in [-0.39, 0.29) is 23.3 Å². The van der Waals surface area contributed by atoms with E-state index in [1.165, 1.54) is 19.2 Å². The van der Waals surface area contributed by atoms with Gasteiger partial charge < -0.3 is 19.5 Å². The van der Waals surface area contributed by atoms with Crippen molar-refractivity contribution in [3.05, 3.63) is 89.2 Å². The molecule has 0 bridgehead atoms. The fourth-order valence-electron chi connectivity index (χ4n) is 3.55. The average Bonchev–Trinajstić information content (AvgIpc) is 3.04. The molecule has 5 nitrogen and oxygen atoms in total. The Morgan fingerprint density at radius 2 is 1.81 bits per heavy atom. The van der Waals surface area contributed by atoms with Gasteiger partial charge in [-0.1, -0.05) is 36.4 Å². The third-order valence-corrected chi connectivity index (χ3v) is 5.18. The minimum atomic E-state index is -0.578. The summed E-state index contributed by atoms with van der Waals surface area (Å²) in [5, 5.41) is 3.04. The van der Waals surface area contributed by atoms with Crippen molar-refractivity contribution in [1.29, 1.82) is 0 Å². The second-order valence-electron chi connectivity index (χ2n) is 7.32. The van der Waals surface area contributed by atoms with Crippen molar-refractivity contribution in [3.8, 4) is 17.2 Å². The first-order valence-electron chi connectivity index (χ1n) is 10.2. The van der Waals surface area contributed by atoms with Gasteiger partial charge in [-0.2, -0.15) is 0 Å². The summed E-state index contributed by atoms with van der Waals surface area (Å²) in [7, 11) is 1.39. The Hall–Kier alpha value is -3.54.